The van der Waals surface area contributed by atoms with Crippen molar-refractivity contribution in [3.63, 3.8) is 0 Å². The Kier molecular flexibility index (Phi) is 5.65. The van der Waals surface area contributed by atoms with Gasteiger partial charge in [0, 0.05) is 28.2 Å². The van der Waals surface area contributed by atoms with Gasteiger partial charge in [-0.2, -0.15) is 0 Å². The van der Waals surface area contributed by atoms with Gasteiger partial charge < -0.3 is 4.42 Å². The van der Waals surface area contributed by atoms with E-state index < -0.39 is 8.07 Å². The number of para-hydroxylation sites is 1. The molecular weight excluding hydrogens is 432 g/mol. The van der Waals surface area contributed by atoms with Crippen molar-refractivity contribution >= 4 is 40.4 Å². The molecule has 0 amide bonds. The Morgan fingerprint density at radius 1 is 0.882 bits per heavy atom. The summed E-state index contributed by atoms with van der Waals surface area (Å²) in [5.41, 5.74) is 7.12. The van der Waals surface area contributed by atoms with Crippen LogP contribution in [0.1, 0.15) is 30.8 Å². The molecule has 5 rings (SSSR count). The van der Waals surface area contributed by atoms with Crippen LogP contribution < -0.4 is 10.4 Å². The summed E-state index contributed by atoms with van der Waals surface area (Å²) in [5, 5.41) is 5.10. The monoisotopic (exact) mass is 464 g/mol. The maximum absolute atomic E-state index is 6.42. The number of hydrogen-bond donors (Lipinski definition) is 0. The van der Waals surface area contributed by atoms with E-state index in [1.54, 1.807) is 0 Å². The minimum atomic E-state index is -1.88. The summed E-state index contributed by atoms with van der Waals surface area (Å²) in [6, 6.07) is 21.7. The molecule has 0 aliphatic carbocycles. The summed E-state index contributed by atoms with van der Waals surface area (Å²) in [6.45, 7) is 13.5. The van der Waals surface area contributed by atoms with E-state index >= 15 is 0 Å². The molecule has 3 aromatic heterocycles. The van der Waals surface area contributed by atoms with Gasteiger partial charge >= 0.3 is 0 Å². The number of aromatic nitrogens is 2. The molecular formula is C30H32N2OSi. The van der Waals surface area contributed by atoms with Crippen LogP contribution in [0.25, 0.3) is 33.2 Å². The van der Waals surface area contributed by atoms with Crippen LogP contribution in [-0.4, -0.2) is 18.0 Å². The van der Waals surface area contributed by atoms with Crippen molar-refractivity contribution in [1.82, 2.24) is 9.97 Å². The third-order valence-electron chi connectivity index (χ3n) is 6.84. The minimum Gasteiger partial charge on any atom is -0.453 e. The van der Waals surface area contributed by atoms with Crippen LogP contribution in [-0.2, 0) is 6.42 Å². The highest BCUT2D eigenvalue weighted by molar-refractivity contribution is 7.00. The lowest BCUT2D eigenvalue weighted by molar-refractivity contribution is 0.648. The average Bonchev–Trinajstić information content (AvgIpc) is 3.18. The zero-order valence-electron chi connectivity index (χ0n) is 20.9. The average molecular weight is 465 g/mol. The smallest absolute Gasteiger partial charge is 0.156 e. The fraction of sp³-hybridized carbons (Fsp3) is 0.267. The number of hydrogen-bond acceptors (Lipinski definition) is 3. The number of nitrogens with zero attached hydrogens (tertiary/aromatic N) is 2. The Hall–Kier alpha value is -3.24. The largest absolute Gasteiger partial charge is 0.453 e. The third kappa shape index (κ3) is 3.86. The molecule has 2 aromatic carbocycles. The SMILES string of the molecule is Cc1cc2c(oc3c(-c4cc(CC(C)C)c([Si](C)(C)c5ccccc5)cn4)cccc32)c(C)n1. The molecule has 0 radical (unpaired) electrons. The van der Waals surface area contributed by atoms with E-state index in [0.717, 1.165) is 51.0 Å². The van der Waals surface area contributed by atoms with Gasteiger partial charge in [0.1, 0.15) is 13.7 Å². The van der Waals surface area contributed by atoms with E-state index in [-0.39, 0.29) is 0 Å². The highest BCUT2D eigenvalue weighted by Crippen LogP contribution is 2.36. The fourth-order valence-electron chi connectivity index (χ4n) is 5.13. The van der Waals surface area contributed by atoms with E-state index in [2.05, 4.69) is 98.8 Å². The van der Waals surface area contributed by atoms with Gasteiger partial charge in [0.25, 0.3) is 0 Å². The van der Waals surface area contributed by atoms with Gasteiger partial charge in [0.15, 0.2) is 5.58 Å². The fourth-order valence-corrected chi connectivity index (χ4v) is 7.84. The van der Waals surface area contributed by atoms with Crippen molar-refractivity contribution in [2.24, 2.45) is 5.92 Å². The molecule has 0 bridgehead atoms. The second-order valence-corrected chi connectivity index (χ2v) is 14.7. The molecule has 5 aromatic rings. The Morgan fingerprint density at radius 3 is 2.38 bits per heavy atom. The highest BCUT2D eigenvalue weighted by Gasteiger charge is 2.29. The second-order valence-electron chi connectivity index (χ2n) is 10.3. The van der Waals surface area contributed by atoms with Crippen molar-refractivity contribution < 1.29 is 4.42 Å². The van der Waals surface area contributed by atoms with E-state index in [9.17, 15) is 0 Å². The molecule has 0 N–H and O–H groups in total. The summed E-state index contributed by atoms with van der Waals surface area (Å²) < 4.78 is 6.42. The third-order valence-corrected chi connectivity index (χ3v) is 10.4. The molecule has 0 atom stereocenters. The van der Waals surface area contributed by atoms with Crippen molar-refractivity contribution in [2.75, 3.05) is 0 Å². The second kappa shape index (κ2) is 8.52. The van der Waals surface area contributed by atoms with Gasteiger partial charge in [-0.3, -0.25) is 9.97 Å². The van der Waals surface area contributed by atoms with E-state index in [1.165, 1.54) is 15.9 Å². The standard InChI is InChI=1S/C30H32N2OSi/c1-19(2)15-22-17-27(31-18-28(22)34(5,6)23-11-8-7-9-12-23)25-14-10-13-24-26-16-20(3)32-21(4)29(26)33-30(24)25/h7-14,16-19H,15H2,1-6H3. The Balaban J connectivity index is 1.70. The number of aryl methyl sites for hydroxylation is 2. The summed E-state index contributed by atoms with van der Waals surface area (Å²) in [5.74, 6) is 0.563. The molecule has 0 fully saturated rings. The van der Waals surface area contributed by atoms with Crippen molar-refractivity contribution in [3.8, 4) is 11.3 Å². The normalized spacial score (nSPS) is 12.2. The van der Waals surface area contributed by atoms with Crippen molar-refractivity contribution in [2.45, 2.75) is 47.2 Å². The summed E-state index contributed by atoms with van der Waals surface area (Å²) >= 11 is 0. The first-order valence-corrected chi connectivity index (χ1v) is 15.1. The molecule has 4 heteroatoms. The van der Waals surface area contributed by atoms with Gasteiger partial charge in [0.05, 0.1) is 11.4 Å². The molecule has 0 spiro atoms. The van der Waals surface area contributed by atoms with Gasteiger partial charge in [-0.25, -0.2) is 0 Å². The number of furan rings is 1. The quantitative estimate of drug-likeness (QED) is 0.272. The van der Waals surface area contributed by atoms with Crippen LogP contribution in [0.3, 0.4) is 0 Å². The maximum atomic E-state index is 6.42. The topological polar surface area (TPSA) is 38.9 Å². The van der Waals surface area contributed by atoms with E-state index in [0.29, 0.717) is 5.92 Å². The first-order valence-electron chi connectivity index (χ1n) is 12.1. The van der Waals surface area contributed by atoms with Gasteiger partial charge in [-0.15, -0.1) is 0 Å². The Morgan fingerprint density at radius 2 is 1.65 bits per heavy atom. The molecule has 0 saturated carbocycles. The van der Waals surface area contributed by atoms with Crippen LogP contribution in [0.5, 0.6) is 0 Å². The highest BCUT2D eigenvalue weighted by atomic mass is 28.3. The lowest BCUT2D eigenvalue weighted by atomic mass is 10.0. The number of fused-ring (bicyclic) bond motifs is 3. The predicted octanol–water partition coefficient (Wildman–Crippen LogP) is 6.68. The van der Waals surface area contributed by atoms with E-state index in [4.69, 9.17) is 9.40 Å². The zero-order valence-corrected chi connectivity index (χ0v) is 21.9. The molecule has 0 unspecified atom stereocenters. The summed E-state index contributed by atoms with van der Waals surface area (Å²) in [4.78, 5) is 9.64. The van der Waals surface area contributed by atoms with Crippen molar-refractivity contribution in [1.29, 1.82) is 0 Å². The lowest BCUT2D eigenvalue weighted by Gasteiger charge is -2.27. The molecule has 0 aliphatic rings. The van der Waals surface area contributed by atoms with Crippen molar-refractivity contribution in [3.05, 3.63) is 83.8 Å². The summed E-state index contributed by atoms with van der Waals surface area (Å²) in [6.07, 6.45) is 3.18. The first-order chi connectivity index (χ1) is 16.3. The lowest BCUT2D eigenvalue weighted by Crippen LogP contribution is -2.54. The van der Waals surface area contributed by atoms with Crippen LogP contribution in [0, 0.1) is 19.8 Å². The zero-order chi connectivity index (χ0) is 24.0. The minimum absolute atomic E-state index is 0.563. The molecule has 0 aliphatic heterocycles. The van der Waals surface area contributed by atoms with E-state index in [1.807, 2.05) is 13.8 Å². The molecule has 34 heavy (non-hydrogen) atoms. The number of pyridine rings is 2. The van der Waals surface area contributed by atoms with Gasteiger partial charge in [0.2, 0.25) is 0 Å². The Labute approximate surface area is 202 Å². The predicted molar refractivity (Wildman–Crippen MR) is 146 cm³/mol. The number of rotatable bonds is 5. The van der Waals surface area contributed by atoms with Crippen LogP contribution in [0.15, 0.2) is 71.3 Å². The number of benzene rings is 2. The molecule has 172 valence electrons. The maximum Gasteiger partial charge on any atom is 0.156 e. The molecule has 0 saturated heterocycles. The van der Waals surface area contributed by atoms with Gasteiger partial charge in [-0.05, 0) is 55.1 Å². The molecule has 3 heterocycles. The Bertz CT molecular complexity index is 1500. The van der Waals surface area contributed by atoms with Crippen LogP contribution >= 0.6 is 0 Å². The van der Waals surface area contributed by atoms with Crippen LogP contribution in [0.2, 0.25) is 13.1 Å². The first kappa shape index (κ1) is 22.5. The molecule has 3 nitrogen and oxygen atoms in total. The van der Waals surface area contributed by atoms with Gasteiger partial charge in [-0.1, -0.05) is 74.6 Å². The summed E-state index contributed by atoms with van der Waals surface area (Å²) in [7, 11) is -1.88. The van der Waals surface area contributed by atoms with Crippen LogP contribution in [0.4, 0.5) is 0 Å².